The standard InChI is InChI=1S/C12H18N6/c1-7-3-2-4-12(14,5-7)11-17-8-9(13)15-6-16-10(8)18-11/h6-7H,2-5,14H2,1H3,(H3,13,15,16,17,18). The molecule has 1 aliphatic carbocycles. The molecule has 2 atom stereocenters. The fourth-order valence-electron chi connectivity index (χ4n) is 2.89. The lowest BCUT2D eigenvalue weighted by Gasteiger charge is -2.34. The minimum absolute atomic E-state index is 0.384. The minimum Gasteiger partial charge on any atom is -0.382 e. The Kier molecular flexibility index (Phi) is 2.48. The number of nitrogen functional groups attached to an aromatic ring is 1. The number of imidazole rings is 1. The number of nitrogens with zero attached hydrogens (tertiary/aromatic N) is 3. The van der Waals surface area contributed by atoms with Gasteiger partial charge in [-0.25, -0.2) is 15.0 Å². The van der Waals surface area contributed by atoms with Crippen molar-refractivity contribution < 1.29 is 0 Å². The monoisotopic (exact) mass is 246 g/mol. The second kappa shape index (κ2) is 3.91. The van der Waals surface area contributed by atoms with Gasteiger partial charge in [0, 0.05) is 0 Å². The molecular weight excluding hydrogens is 228 g/mol. The quantitative estimate of drug-likeness (QED) is 0.703. The van der Waals surface area contributed by atoms with Crippen LogP contribution in [0.25, 0.3) is 11.2 Å². The predicted molar refractivity (Wildman–Crippen MR) is 69.6 cm³/mol. The van der Waals surface area contributed by atoms with Crippen molar-refractivity contribution >= 4 is 17.0 Å². The van der Waals surface area contributed by atoms with E-state index in [-0.39, 0.29) is 5.54 Å². The molecule has 0 aromatic carbocycles. The van der Waals surface area contributed by atoms with Crippen LogP contribution in [0.1, 0.15) is 38.4 Å². The first-order chi connectivity index (χ1) is 8.58. The van der Waals surface area contributed by atoms with Gasteiger partial charge in [0.2, 0.25) is 0 Å². The van der Waals surface area contributed by atoms with Crippen LogP contribution < -0.4 is 11.5 Å². The Labute approximate surface area is 105 Å². The van der Waals surface area contributed by atoms with Gasteiger partial charge in [-0.15, -0.1) is 0 Å². The van der Waals surface area contributed by atoms with Gasteiger partial charge in [0.25, 0.3) is 0 Å². The summed E-state index contributed by atoms with van der Waals surface area (Å²) in [4.78, 5) is 15.8. The van der Waals surface area contributed by atoms with Crippen molar-refractivity contribution in [1.82, 2.24) is 19.9 Å². The molecule has 1 aliphatic rings. The van der Waals surface area contributed by atoms with Crippen molar-refractivity contribution in [3.8, 4) is 0 Å². The van der Waals surface area contributed by atoms with Crippen LogP contribution in [0.15, 0.2) is 6.33 Å². The molecule has 1 fully saturated rings. The normalized spacial score (nSPS) is 28.7. The fourth-order valence-corrected chi connectivity index (χ4v) is 2.89. The highest BCUT2D eigenvalue weighted by Crippen LogP contribution is 2.37. The number of hydrogen-bond acceptors (Lipinski definition) is 5. The molecule has 5 N–H and O–H groups in total. The molecule has 0 aliphatic heterocycles. The zero-order valence-electron chi connectivity index (χ0n) is 10.5. The van der Waals surface area contributed by atoms with Crippen molar-refractivity contribution in [3.63, 3.8) is 0 Å². The largest absolute Gasteiger partial charge is 0.382 e. The maximum atomic E-state index is 6.50. The van der Waals surface area contributed by atoms with Crippen LogP contribution in [0, 0.1) is 5.92 Å². The van der Waals surface area contributed by atoms with Crippen molar-refractivity contribution in [2.75, 3.05) is 5.73 Å². The van der Waals surface area contributed by atoms with Crippen LogP contribution in [-0.2, 0) is 5.54 Å². The summed E-state index contributed by atoms with van der Waals surface area (Å²) in [5, 5.41) is 0. The van der Waals surface area contributed by atoms with Gasteiger partial charge in [0.15, 0.2) is 11.5 Å². The molecule has 3 rings (SSSR count). The average molecular weight is 246 g/mol. The van der Waals surface area contributed by atoms with Crippen LogP contribution in [0.3, 0.4) is 0 Å². The molecular formula is C12H18N6. The molecule has 96 valence electrons. The summed E-state index contributed by atoms with van der Waals surface area (Å²) in [7, 11) is 0. The Morgan fingerprint density at radius 1 is 1.44 bits per heavy atom. The second-order valence-electron chi connectivity index (χ2n) is 5.40. The maximum absolute atomic E-state index is 6.50. The second-order valence-corrected chi connectivity index (χ2v) is 5.40. The Hall–Kier alpha value is -1.69. The molecule has 2 aromatic heterocycles. The molecule has 2 heterocycles. The fraction of sp³-hybridized carbons (Fsp3) is 0.583. The number of aromatic nitrogens is 4. The lowest BCUT2D eigenvalue weighted by atomic mass is 9.76. The summed E-state index contributed by atoms with van der Waals surface area (Å²) < 4.78 is 0. The van der Waals surface area contributed by atoms with Crippen molar-refractivity contribution in [2.24, 2.45) is 11.7 Å². The maximum Gasteiger partial charge on any atom is 0.183 e. The van der Waals surface area contributed by atoms with E-state index in [1.165, 1.54) is 12.7 Å². The summed E-state index contributed by atoms with van der Waals surface area (Å²) in [6.45, 7) is 2.23. The van der Waals surface area contributed by atoms with Crippen molar-refractivity contribution in [1.29, 1.82) is 0 Å². The number of rotatable bonds is 1. The number of aromatic amines is 1. The highest BCUT2D eigenvalue weighted by molar-refractivity contribution is 5.81. The summed E-state index contributed by atoms with van der Waals surface area (Å²) in [6, 6.07) is 0. The van der Waals surface area contributed by atoms with Crippen LogP contribution >= 0.6 is 0 Å². The summed E-state index contributed by atoms with van der Waals surface area (Å²) in [6.07, 6.45) is 5.69. The predicted octanol–water partition coefficient (Wildman–Crippen LogP) is 1.30. The van der Waals surface area contributed by atoms with E-state index in [0.29, 0.717) is 22.9 Å². The van der Waals surface area contributed by atoms with Gasteiger partial charge < -0.3 is 16.5 Å². The molecule has 1 saturated carbocycles. The number of hydrogen-bond donors (Lipinski definition) is 3. The Morgan fingerprint density at radius 2 is 2.28 bits per heavy atom. The molecule has 0 radical (unpaired) electrons. The Bertz CT molecular complexity index is 577. The van der Waals surface area contributed by atoms with E-state index in [0.717, 1.165) is 25.1 Å². The van der Waals surface area contributed by atoms with Gasteiger partial charge in [-0.3, -0.25) is 0 Å². The van der Waals surface area contributed by atoms with E-state index in [4.69, 9.17) is 11.5 Å². The third-order valence-corrected chi connectivity index (χ3v) is 3.82. The van der Waals surface area contributed by atoms with Crippen molar-refractivity contribution in [2.45, 2.75) is 38.1 Å². The van der Waals surface area contributed by atoms with Crippen LogP contribution in [-0.4, -0.2) is 19.9 Å². The first kappa shape index (κ1) is 11.4. The molecule has 0 amide bonds. The summed E-state index contributed by atoms with van der Waals surface area (Å²) >= 11 is 0. The molecule has 2 unspecified atom stereocenters. The number of fused-ring (bicyclic) bond motifs is 1. The van der Waals surface area contributed by atoms with E-state index in [1.807, 2.05) is 0 Å². The summed E-state index contributed by atoms with van der Waals surface area (Å²) in [5.41, 5.74) is 13.2. The van der Waals surface area contributed by atoms with Crippen LogP contribution in [0.4, 0.5) is 5.82 Å². The number of anilines is 1. The molecule has 18 heavy (non-hydrogen) atoms. The van der Waals surface area contributed by atoms with Gasteiger partial charge in [-0.1, -0.05) is 19.8 Å². The topological polar surface area (TPSA) is 106 Å². The number of nitrogens with one attached hydrogen (secondary N) is 1. The highest BCUT2D eigenvalue weighted by Gasteiger charge is 2.35. The van der Waals surface area contributed by atoms with E-state index in [9.17, 15) is 0 Å². The molecule has 0 saturated heterocycles. The third-order valence-electron chi connectivity index (χ3n) is 3.82. The molecule has 6 heteroatoms. The summed E-state index contributed by atoms with van der Waals surface area (Å²) in [5.74, 6) is 1.84. The minimum atomic E-state index is -0.384. The van der Waals surface area contributed by atoms with Crippen LogP contribution in [0.2, 0.25) is 0 Å². The first-order valence-corrected chi connectivity index (χ1v) is 6.34. The van der Waals surface area contributed by atoms with Gasteiger partial charge in [0.1, 0.15) is 17.7 Å². The molecule has 0 spiro atoms. The lowest BCUT2D eigenvalue weighted by Crippen LogP contribution is -2.42. The van der Waals surface area contributed by atoms with E-state index in [2.05, 4.69) is 26.9 Å². The van der Waals surface area contributed by atoms with Gasteiger partial charge in [0.05, 0.1) is 5.54 Å². The van der Waals surface area contributed by atoms with Gasteiger partial charge in [-0.2, -0.15) is 0 Å². The molecule has 6 nitrogen and oxygen atoms in total. The van der Waals surface area contributed by atoms with E-state index < -0.39 is 0 Å². The SMILES string of the molecule is CC1CCCC(N)(c2nc3ncnc(N)c3[nH]2)C1. The smallest absolute Gasteiger partial charge is 0.183 e. The first-order valence-electron chi connectivity index (χ1n) is 6.34. The third kappa shape index (κ3) is 1.73. The number of nitrogens with two attached hydrogens (primary N) is 2. The zero-order valence-corrected chi connectivity index (χ0v) is 10.5. The van der Waals surface area contributed by atoms with E-state index >= 15 is 0 Å². The van der Waals surface area contributed by atoms with E-state index in [1.54, 1.807) is 0 Å². The molecule has 0 bridgehead atoms. The van der Waals surface area contributed by atoms with Gasteiger partial charge in [-0.05, 0) is 18.8 Å². The Balaban J connectivity index is 2.06. The Morgan fingerprint density at radius 3 is 3.00 bits per heavy atom. The molecule has 2 aromatic rings. The number of H-pyrrole nitrogens is 1. The average Bonchev–Trinajstić information content (AvgIpc) is 2.75. The van der Waals surface area contributed by atoms with Crippen molar-refractivity contribution in [3.05, 3.63) is 12.2 Å². The lowest BCUT2D eigenvalue weighted by molar-refractivity contribution is 0.230. The highest BCUT2D eigenvalue weighted by atomic mass is 15.1. The van der Waals surface area contributed by atoms with Gasteiger partial charge >= 0.3 is 0 Å². The zero-order chi connectivity index (χ0) is 12.8. The van der Waals surface area contributed by atoms with Crippen LogP contribution in [0.5, 0.6) is 0 Å².